The van der Waals surface area contributed by atoms with E-state index in [0.29, 0.717) is 17.9 Å². The van der Waals surface area contributed by atoms with Crippen LogP contribution in [0.2, 0.25) is 0 Å². The van der Waals surface area contributed by atoms with Crippen molar-refractivity contribution in [1.82, 2.24) is 4.90 Å². The number of hydrogen-bond donors (Lipinski definition) is 0. The Labute approximate surface area is 130 Å². The van der Waals surface area contributed by atoms with Crippen LogP contribution in [0.4, 0.5) is 0 Å². The summed E-state index contributed by atoms with van der Waals surface area (Å²) in [7, 11) is 6.86. The van der Waals surface area contributed by atoms with Gasteiger partial charge in [-0.2, -0.15) is 0 Å². The third-order valence-electron chi connectivity index (χ3n) is 4.16. The number of benzene rings is 1. The fourth-order valence-electron chi connectivity index (χ4n) is 3.02. The molecule has 2 rings (SSSR count). The van der Waals surface area contributed by atoms with Gasteiger partial charge in [-0.25, -0.2) is 0 Å². The highest BCUT2D eigenvalue weighted by Gasteiger charge is 2.41. The average molecular weight is 306 g/mol. The maximum atomic E-state index is 11.6. The SMILES string of the molecule is COc1ccc([C@@H]2CC=C[C@H](N(C)C)C2[N+](=O)[O-])cc1OC. The van der Waals surface area contributed by atoms with Gasteiger partial charge >= 0.3 is 0 Å². The first kappa shape index (κ1) is 16.3. The molecule has 0 spiro atoms. The average Bonchev–Trinajstić information content (AvgIpc) is 2.53. The molecule has 3 atom stereocenters. The topological polar surface area (TPSA) is 64.8 Å². The van der Waals surface area contributed by atoms with E-state index in [1.54, 1.807) is 20.3 Å². The Morgan fingerprint density at radius 2 is 1.91 bits per heavy atom. The number of allylic oxidation sites excluding steroid dienone is 1. The highest BCUT2D eigenvalue weighted by Crippen LogP contribution is 2.37. The maximum absolute atomic E-state index is 11.6. The van der Waals surface area contributed by atoms with Crippen LogP contribution < -0.4 is 9.47 Å². The predicted octanol–water partition coefficient (Wildman–Crippen LogP) is 2.32. The molecule has 1 unspecified atom stereocenters. The first-order valence-electron chi connectivity index (χ1n) is 7.18. The minimum atomic E-state index is -0.682. The van der Waals surface area contributed by atoms with Crippen LogP contribution in [-0.4, -0.2) is 50.2 Å². The van der Waals surface area contributed by atoms with Gasteiger partial charge in [-0.1, -0.05) is 18.2 Å². The number of nitro groups is 1. The number of likely N-dealkylation sites (N-methyl/N-ethyl adjacent to an activating group) is 1. The van der Waals surface area contributed by atoms with E-state index in [1.807, 2.05) is 43.3 Å². The van der Waals surface area contributed by atoms with Crippen molar-refractivity contribution in [3.8, 4) is 11.5 Å². The first-order valence-corrected chi connectivity index (χ1v) is 7.18. The molecular formula is C16H22N2O4. The van der Waals surface area contributed by atoms with Crippen molar-refractivity contribution in [2.75, 3.05) is 28.3 Å². The third kappa shape index (κ3) is 3.06. The summed E-state index contributed by atoms with van der Waals surface area (Å²) < 4.78 is 10.5. The second kappa shape index (κ2) is 6.79. The highest BCUT2D eigenvalue weighted by molar-refractivity contribution is 5.44. The zero-order chi connectivity index (χ0) is 16.3. The smallest absolute Gasteiger partial charge is 0.238 e. The van der Waals surface area contributed by atoms with Crippen molar-refractivity contribution in [3.05, 3.63) is 46.0 Å². The van der Waals surface area contributed by atoms with Gasteiger partial charge in [-0.15, -0.1) is 0 Å². The Bertz CT molecular complexity index is 571. The Morgan fingerprint density at radius 3 is 2.45 bits per heavy atom. The highest BCUT2D eigenvalue weighted by atomic mass is 16.6. The van der Waals surface area contributed by atoms with E-state index < -0.39 is 6.04 Å². The summed E-state index contributed by atoms with van der Waals surface area (Å²) in [6.45, 7) is 0. The molecule has 0 saturated carbocycles. The van der Waals surface area contributed by atoms with Crippen molar-refractivity contribution in [3.63, 3.8) is 0 Å². The van der Waals surface area contributed by atoms with Crippen molar-refractivity contribution in [2.24, 2.45) is 0 Å². The van der Waals surface area contributed by atoms with E-state index >= 15 is 0 Å². The minimum absolute atomic E-state index is 0.171. The van der Waals surface area contributed by atoms with Gasteiger partial charge in [0.25, 0.3) is 0 Å². The third-order valence-corrected chi connectivity index (χ3v) is 4.16. The zero-order valence-corrected chi connectivity index (χ0v) is 13.4. The molecule has 1 aromatic rings. The molecule has 6 heteroatoms. The molecule has 6 nitrogen and oxygen atoms in total. The Balaban J connectivity index is 2.41. The lowest BCUT2D eigenvalue weighted by atomic mass is 9.80. The molecular weight excluding hydrogens is 284 g/mol. The lowest BCUT2D eigenvalue weighted by Crippen LogP contribution is -2.47. The Morgan fingerprint density at radius 1 is 1.23 bits per heavy atom. The van der Waals surface area contributed by atoms with Crippen molar-refractivity contribution < 1.29 is 14.4 Å². The number of methoxy groups -OCH3 is 2. The Kier molecular flexibility index (Phi) is 5.03. The van der Waals surface area contributed by atoms with Crippen molar-refractivity contribution in [1.29, 1.82) is 0 Å². The van der Waals surface area contributed by atoms with Crippen LogP contribution in [0.1, 0.15) is 17.9 Å². The van der Waals surface area contributed by atoms with E-state index in [2.05, 4.69) is 0 Å². The van der Waals surface area contributed by atoms with Crippen LogP contribution >= 0.6 is 0 Å². The fraction of sp³-hybridized carbons (Fsp3) is 0.500. The van der Waals surface area contributed by atoms with E-state index in [1.165, 1.54) is 0 Å². The van der Waals surface area contributed by atoms with Gasteiger partial charge in [0.15, 0.2) is 11.5 Å². The summed E-state index contributed by atoms with van der Waals surface area (Å²) in [4.78, 5) is 13.3. The summed E-state index contributed by atoms with van der Waals surface area (Å²) >= 11 is 0. The molecule has 0 bridgehead atoms. The monoisotopic (exact) mass is 306 g/mol. The van der Waals surface area contributed by atoms with Crippen LogP contribution in [0.5, 0.6) is 11.5 Å². The maximum Gasteiger partial charge on any atom is 0.238 e. The van der Waals surface area contributed by atoms with E-state index in [-0.39, 0.29) is 16.9 Å². The van der Waals surface area contributed by atoms with E-state index in [0.717, 1.165) is 5.56 Å². The van der Waals surface area contributed by atoms with Gasteiger partial charge in [0.2, 0.25) is 6.04 Å². The van der Waals surface area contributed by atoms with Gasteiger partial charge in [-0.3, -0.25) is 15.0 Å². The van der Waals surface area contributed by atoms with E-state index in [9.17, 15) is 10.1 Å². The van der Waals surface area contributed by atoms with Gasteiger partial charge in [-0.05, 0) is 38.2 Å². The van der Waals surface area contributed by atoms with Crippen LogP contribution in [0.3, 0.4) is 0 Å². The molecule has 0 amide bonds. The zero-order valence-electron chi connectivity index (χ0n) is 13.4. The standard InChI is InChI=1S/C16H22N2O4/c1-17(2)13-7-5-6-12(16(13)18(19)20)11-8-9-14(21-3)15(10-11)22-4/h5,7-10,12-13,16H,6H2,1-4H3/t12-,13-,16?/m0/s1. The second-order valence-corrected chi connectivity index (χ2v) is 5.61. The minimum Gasteiger partial charge on any atom is -0.493 e. The number of nitrogens with zero attached hydrogens (tertiary/aromatic N) is 2. The van der Waals surface area contributed by atoms with Gasteiger partial charge in [0.1, 0.15) is 0 Å². The molecule has 0 saturated heterocycles. The summed E-state index contributed by atoms with van der Waals surface area (Å²) in [6.07, 6.45) is 4.59. The van der Waals surface area contributed by atoms with Gasteiger partial charge in [0, 0.05) is 4.92 Å². The lowest BCUT2D eigenvalue weighted by molar-refractivity contribution is -0.532. The summed E-state index contributed by atoms with van der Waals surface area (Å²) in [5.41, 5.74) is 0.899. The Hall–Kier alpha value is -2.08. The fourth-order valence-corrected chi connectivity index (χ4v) is 3.02. The predicted molar refractivity (Wildman–Crippen MR) is 84.3 cm³/mol. The van der Waals surface area contributed by atoms with Crippen LogP contribution in [0.15, 0.2) is 30.4 Å². The van der Waals surface area contributed by atoms with Crippen LogP contribution in [0, 0.1) is 10.1 Å². The molecule has 120 valence electrons. The second-order valence-electron chi connectivity index (χ2n) is 5.61. The van der Waals surface area contributed by atoms with Crippen LogP contribution in [-0.2, 0) is 0 Å². The van der Waals surface area contributed by atoms with Crippen LogP contribution in [0.25, 0.3) is 0 Å². The largest absolute Gasteiger partial charge is 0.493 e. The molecule has 0 aromatic heterocycles. The summed E-state index contributed by atoms with van der Waals surface area (Å²) in [5, 5.41) is 11.6. The number of hydrogen-bond acceptors (Lipinski definition) is 5. The number of rotatable bonds is 5. The molecule has 0 aliphatic heterocycles. The normalized spacial score (nSPS) is 24.3. The molecule has 22 heavy (non-hydrogen) atoms. The number of ether oxygens (including phenoxy) is 2. The summed E-state index contributed by atoms with van der Waals surface area (Å²) in [5.74, 6) is 1.03. The van der Waals surface area contributed by atoms with Crippen molar-refractivity contribution >= 4 is 0 Å². The first-order chi connectivity index (χ1) is 10.5. The van der Waals surface area contributed by atoms with Gasteiger partial charge in [0.05, 0.1) is 26.2 Å². The molecule has 1 aliphatic rings. The molecule has 0 radical (unpaired) electrons. The quantitative estimate of drug-likeness (QED) is 0.474. The summed E-state index contributed by atoms with van der Waals surface area (Å²) in [6, 6.07) is 4.62. The lowest BCUT2D eigenvalue weighted by Gasteiger charge is -2.32. The molecule has 0 heterocycles. The van der Waals surface area contributed by atoms with Gasteiger partial charge < -0.3 is 9.47 Å². The molecule has 1 aromatic carbocycles. The molecule has 0 N–H and O–H groups in total. The van der Waals surface area contributed by atoms with E-state index in [4.69, 9.17) is 9.47 Å². The molecule has 1 aliphatic carbocycles. The molecule has 0 fully saturated rings. The van der Waals surface area contributed by atoms with Crippen molar-refractivity contribution in [2.45, 2.75) is 24.4 Å².